The Morgan fingerprint density at radius 2 is 1.31 bits per heavy atom. The van der Waals surface area contributed by atoms with Crippen molar-refractivity contribution in [3.63, 3.8) is 0 Å². The van der Waals surface area contributed by atoms with Gasteiger partial charge in [-0.3, -0.25) is 9.59 Å². The van der Waals surface area contributed by atoms with Crippen LogP contribution in [0.3, 0.4) is 0 Å². The number of hydrogen-bond acceptors (Lipinski definition) is 5. The Morgan fingerprint density at radius 3 is 2.00 bits per heavy atom. The maximum atomic E-state index is 13.8. The Hall–Kier alpha value is -5.11. The summed E-state index contributed by atoms with van der Waals surface area (Å²) in [6, 6.07) is 22.5. The van der Waals surface area contributed by atoms with E-state index >= 15 is 0 Å². The predicted molar refractivity (Wildman–Crippen MR) is 147 cm³/mol. The number of amides is 4. The van der Waals surface area contributed by atoms with Crippen molar-refractivity contribution in [1.82, 2.24) is 4.57 Å². The molecular formula is C31H25N3O5. The van der Waals surface area contributed by atoms with Gasteiger partial charge in [-0.05, 0) is 74.9 Å². The van der Waals surface area contributed by atoms with Gasteiger partial charge in [-0.25, -0.2) is 14.6 Å². The van der Waals surface area contributed by atoms with E-state index < -0.39 is 17.8 Å². The van der Waals surface area contributed by atoms with Gasteiger partial charge in [-0.2, -0.15) is 0 Å². The van der Waals surface area contributed by atoms with Gasteiger partial charge < -0.3 is 14.0 Å². The van der Waals surface area contributed by atoms with Crippen LogP contribution in [0, 0.1) is 20.8 Å². The van der Waals surface area contributed by atoms with Crippen molar-refractivity contribution in [2.24, 2.45) is 0 Å². The Labute approximate surface area is 225 Å². The number of urea groups is 1. The van der Waals surface area contributed by atoms with E-state index in [2.05, 4.69) is 0 Å². The lowest BCUT2D eigenvalue weighted by atomic mass is 10.0. The average molecular weight is 520 g/mol. The van der Waals surface area contributed by atoms with Gasteiger partial charge in [-0.15, -0.1) is 0 Å². The smallest absolute Gasteiger partial charge is 0.343 e. The van der Waals surface area contributed by atoms with Crippen LogP contribution in [0.5, 0.6) is 11.5 Å². The Balaban J connectivity index is 1.47. The molecule has 4 aromatic rings. The van der Waals surface area contributed by atoms with Crippen LogP contribution in [0.1, 0.15) is 22.5 Å². The summed E-state index contributed by atoms with van der Waals surface area (Å²) in [4.78, 5) is 43.2. The summed E-state index contributed by atoms with van der Waals surface area (Å²) in [5.41, 5.74) is 4.93. The van der Waals surface area contributed by atoms with Crippen molar-refractivity contribution < 1.29 is 23.9 Å². The molecule has 4 amide bonds. The summed E-state index contributed by atoms with van der Waals surface area (Å²) in [6.45, 7) is 5.96. The van der Waals surface area contributed by atoms with Crippen LogP contribution >= 0.6 is 0 Å². The first kappa shape index (κ1) is 24.2. The largest absolute Gasteiger partial charge is 0.454 e. The van der Waals surface area contributed by atoms with E-state index in [1.807, 2.05) is 61.7 Å². The van der Waals surface area contributed by atoms with Crippen molar-refractivity contribution in [3.05, 3.63) is 107 Å². The fraction of sp³-hybridized carbons (Fsp3) is 0.129. The van der Waals surface area contributed by atoms with Gasteiger partial charge in [0, 0.05) is 23.1 Å². The molecule has 6 rings (SSSR count). The predicted octanol–water partition coefficient (Wildman–Crippen LogP) is 5.71. The molecule has 0 atom stereocenters. The van der Waals surface area contributed by atoms with E-state index in [4.69, 9.17) is 9.47 Å². The molecule has 0 unspecified atom stereocenters. The molecular weight excluding hydrogens is 494 g/mol. The fourth-order valence-electron chi connectivity index (χ4n) is 4.97. The zero-order chi connectivity index (χ0) is 27.3. The number of carbonyl (C=O) groups excluding carboxylic acids is 3. The molecule has 1 fully saturated rings. The van der Waals surface area contributed by atoms with Gasteiger partial charge >= 0.3 is 6.03 Å². The molecule has 8 heteroatoms. The molecule has 2 aliphatic heterocycles. The quantitative estimate of drug-likeness (QED) is 0.255. The number of benzene rings is 3. The normalized spacial score (nSPS) is 16.0. The number of anilines is 2. The first-order valence-electron chi connectivity index (χ1n) is 12.5. The molecule has 0 saturated carbocycles. The Kier molecular flexibility index (Phi) is 5.80. The molecule has 0 radical (unpaired) electrons. The highest BCUT2D eigenvalue weighted by molar-refractivity contribution is 6.46. The molecule has 0 spiro atoms. The molecule has 3 heterocycles. The van der Waals surface area contributed by atoms with Gasteiger partial charge in [0.1, 0.15) is 5.57 Å². The third kappa shape index (κ3) is 4.06. The van der Waals surface area contributed by atoms with Crippen LogP contribution in [0.25, 0.3) is 11.8 Å². The first-order chi connectivity index (χ1) is 18.8. The fourth-order valence-corrected chi connectivity index (χ4v) is 4.97. The summed E-state index contributed by atoms with van der Waals surface area (Å²) in [5, 5.41) is 0. The van der Waals surface area contributed by atoms with Crippen LogP contribution in [-0.2, 0) is 9.59 Å². The van der Waals surface area contributed by atoms with Crippen LogP contribution < -0.4 is 19.3 Å². The van der Waals surface area contributed by atoms with Gasteiger partial charge in [0.05, 0.1) is 11.4 Å². The highest BCUT2D eigenvalue weighted by atomic mass is 16.7. The van der Waals surface area contributed by atoms with Crippen molar-refractivity contribution in [3.8, 4) is 17.2 Å². The number of aryl methyl sites for hydroxylation is 2. The lowest BCUT2D eigenvalue weighted by Gasteiger charge is -2.34. The van der Waals surface area contributed by atoms with Crippen LogP contribution in [-0.4, -0.2) is 29.2 Å². The van der Waals surface area contributed by atoms with Crippen molar-refractivity contribution in [2.75, 3.05) is 16.6 Å². The van der Waals surface area contributed by atoms with E-state index in [-0.39, 0.29) is 12.4 Å². The molecule has 0 bridgehead atoms. The summed E-state index contributed by atoms with van der Waals surface area (Å²) in [5.74, 6) is -0.00604. The number of rotatable bonds is 4. The minimum atomic E-state index is -0.719. The summed E-state index contributed by atoms with van der Waals surface area (Å²) >= 11 is 0. The molecule has 0 N–H and O–H groups in total. The lowest BCUT2D eigenvalue weighted by molar-refractivity contribution is -0.121. The number of ether oxygens (including phenoxy) is 2. The lowest BCUT2D eigenvalue weighted by Crippen LogP contribution is -2.57. The van der Waals surface area contributed by atoms with Crippen molar-refractivity contribution in [2.45, 2.75) is 20.8 Å². The maximum Gasteiger partial charge on any atom is 0.343 e. The molecule has 2 aliphatic rings. The van der Waals surface area contributed by atoms with Crippen LogP contribution in [0.4, 0.5) is 16.2 Å². The third-order valence-electron chi connectivity index (χ3n) is 6.94. The molecule has 0 aliphatic carbocycles. The minimum absolute atomic E-state index is 0.107. The van der Waals surface area contributed by atoms with Crippen LogP contribution in [0.2, 0.25) is 0 Å². The monoisotopic (exact) mass is 519 g/mol. The number of hydrogen-bond donors (Lipinski definition) is 0. The third-order valence-corrected chi connectivity index (χ3v) is 6.94. The second kappa shape index (κ2) is 9.33. The standard InChI is InChI=1S/C31H25N3O5/c1-19-9-11-24(12-10-19)34-30(36)26(29(35)33(31(34)37)23-7-5-4-6-8-23)16-22-15-20(2)32(21(22)3)25-13-14-27-28(17-25)39-18-38-27/h4-17H,18H2,1-3H3/b26-16+. The number of para-hydroxylation sites is 1. The summed E-state index contributed by atoms with van der Waals surface area (Å²) < 4.78 is 13.0. The van der Waals surface area contributed by atoms with E-state index in [1.165, 1.54) is 0 Å². The van der Waals surface area contributed by atoms with Crippen LogP contribution in [0.15, 0.2) is 84.4 Å². The van der Waals surface area contributed by atoms with Crippen molar-refractivity contribution >= 4 is 35.3 Å². The van der Waals surface area contributed by atoms with E-state index in [1.54, 1.807) is 48.5 Å². The van der Waals surface area contributed by atoms with Gasteiger partial charge in [0.15, 0.2) is 11.5 Å². The van der Waals surface area contributed by atoms with Gasteiger partial charge in [-0.1, -0.05) is 35.9 Å². The molecule has 39 heavy (non-hydrogen) atoms. The number of aromatic nitrogens is 1. The molecule has 8 nitrogen and oxygen atoms in total. The highest BCUT2D eigenvalue weighted by Gasteiger charge is 2.43. The zero-order valence-electron chi connectivity index (χ0n) is 21.7. The van der Waals surface area contributed by atoms with Crippen molar-refractivity contribution in [1.29, 1.82) is 0 Å². The Morgan fingerprint density at radius 1 is 0.692 bits per heavy atom. The summed E-state index contributed by atoms with van der Waals surface area (Å²) in [6.07, 6.45) is 1.57. The number of carbonyl (C=O) groups is 3. The number of nitrogens with zero attached hydrogens (tertiary/aromatic N) is 3. The molecule has 1 saturated heterocycles. The number of barbiturate groups is 1. The molecule has 3 aromatic carbocycles. The SMILES string of the molecule is Cc1ccc(N2C(=O)/C(=C/c3cc(C)n(-c4ccc5c(c4)OCO5)c3C)C(=O)N(c3ccccc3)C2=O)cc1. The first-order valence-corrected chi connectivity index (χ1v) is 12.5. The topological polar surface area (TPSA) is 81.1 Å². The minimum Gasteiger partial charge on any atom is -0.454 e. The Bertz CT molecular complexity index is 1670. The zero-order valence-corrected chi connectivity index (χ0v) is 21.7. The second-order valence-corrected chi connectivity index (χ2v) is 9.49. The van der Waals surface area contributed by atoms with Gasteiger partial charge in [0.2, 0.25) is 6.79 Å². The van der Waals surface area contributed by atoms with E-state index in [0.29, 0.717) is 28.4 Å². The number of imide groups is 2. The molecule has 1 aromatic heterocycles. The second-order valence-electron chi connectivity index (χ2n) is 9.49. The van der Waals surface area contributed by atoms with E-state index in [9.17, 15) is 14.4 Å². The molecule has 194 valence electrons. The number of fused-ring (bicyclic) bond motifs is 1. The van der Waals surface area contributed by atoms with Gasteiger partial charge in [0.25, 0.3) is 11.8 Å². The maximum absolute atomic E-state index is 13.8. The van der Waals surface area contributed by atoms with E-state index in [0.717, 1.165) is 32.4 Å². The average Bonchev–Trinajstić information content (AvgIpc) is 3.51. The highest BCUT2D eigenvalue weighted by Crippen LogP contribution is 2.36. The summed E-state index contributed by atoms with van der Waals surface area (Å²) in [7, 11) is 0.